The molecule has 0 aromatic rings. The SMILES string of the molecule is F/C(=[C](/F)[Sn](/[C](F)=C(\F)C(F)(F)F)(/[C](F)=C(\F)C(F)(F)F)/[C](F)=C(\F)C(F)(F)F)C(F)(F)F. The first-order valence-electron chi connectivity index (χ1n) is 6.78. The molecule has 192 valence electrons. The Bertz CT molecular complexity index is 734. The fourth-order valence-electron chi connectivity index (χ4n) is 1.73. The fraction of sp³-hybridized carbons (Fsp3) is 0.333. The summed E-state index contributed by atoms with van der Waals surface area (Å²) in [6.45, 7) is 0. The fourth-order valence-corrected chi connectivity index (χ4v) is 10.4. The second-order valence-corrected chi connectivity index (χ2v) is 14.5. The predicted octanol–water partition coefficient (Wildman–Crippen LogP) is 8.44. The minimum absolute atomic E-state index is 4.90. The van der Waals surface area contributed by atoms with Crippen molar-refractivity contribution in [1.82, 2.24) is 0 Å². The molecule has 0 fully saturated rings. The number of rotatable bonds is 4. The van der Waals surface area contributed by atoms with Crippen molar-refractivity contribution in [3.8, 4) is 0 Å². The maximum atomic E-state index is 14.1. The summed E-state index contributed by atoms with van der Waals surface area (Å²) in [5, 5.41) is 0. The molecule has 0 radical (unpaired) electrons. The molecule has 21 heteroatoms. The van der Waals surface area contributed by atoms with Crippen LogP contribution in [0.1, 0.15) is 0 Å². The molecule has 0 aliphatic rings. The summed E-state index contributed by atoms with van der Waals surface area (Å²) in [5.41, 5.74) is 0. The molecule has 0 rings (SSSR count). The van der Waals surface area contributed by atoms with Gasteiger partial charge in [-0.15, -0.1) is 0 Å². The van der Waals surface area contributed by atoms with Crippen LogP contribution in [-0.2, 0) is 0 Å². The second-order valence-electron chi connectivity index (χ2n) is 5.25. The number of alkyl halides is 12. The Morgan fingerprint density at radius 1 is 0.303 bits per heavy atom. The van der Waals surface area contributed by atoms with E-state index in [1.807, 2.05) is 0 Å². The van der Waals surface area contributed by atoms with Crippen molar-refractivity contribution in [2.45, 2.75) is 24.7 Å². The summed E-state index contributed by atoms with van der Waals surface area (Å²) in [7, 11) is 0. The first-order valence-corrected chi connectivity index (χ1v) is 12.5. The van der Waals surface area contributed by atoms with Gasteiger partial charge in [-0.2, -0.15) is 0 Å². The molecule has 0 aromatic heterocycles. The summed E-state index contributed by atoms with van der Waals surface area (Å²) in [6, 6.07) is 0. The molecule has 0 heterocycles. The van der Waals surface area contributed by atoms with Gasteiger partial charge in [0, 0.05) is 0 Å². The topological polar surface area (TPSA) is 0 Å². The molecule has 0 nitrogen and oxygen atoms in total. The molecule has 0 aliphatic carbocycles. The van der Waals surface area contributed by atoms with Crippen LogP contribution in [0.25, 0.3) is 0 Å². The number of allylic oxidation sites excluding steroid dienone is 4. The van der Waals surface area contributed by atoms with Crippen molar-refractivity contribution >= 4 is 18.4 Å². The van der Waals surface area contributed by atoms with Gasteiger partial charge < -0.3 is 0 Å². The van der Waals surface area contributed by atoms with E-state index < -0.39 is 81.8 Å². The third-order valence-electron chi connectivity index (χ3n) is 3.08. The monoisotopic (exact) mass is 644 g/mol. The molecule has 0 aliphatic heterocycles. The zero-order valence-corrected chi connectivity index (χ0v) is 16.9. The Morgan fingerprint density at radius 2 is 0.424 bits per heavy atom. The summed E-state index contributed by atoms with van der Waals surface area (Å²) >= 11 is -10.5. The Labute approximate surface area is 170 Å². The van der Waals surface area contributed by atoms with Gasteiger partial charge in [-0.3, -0.25) is 0 Å². The summed E-state index contributed by atoms with van der Waals surface area (Å²) in [4.78, 5) is 0. The normalized spacial score (nSPS) is 17.8. The first-order chi connectivity index (χ1) is 14.3. The van der Waals surface area contributed by atoms with Crippen LogP contribution < -0.4 is 0 Å². The average Bonchev–Trinajstić information content (AvgIpc) is 2.61. The van der Waals surface area contributed by atoms with E-state index in [0.29, 0.717) is 0 Å². The van der Waals surface area contributed by atoms with E-state index in [0.717, 1.165) is 0 Å². The second kappa shape index (κ2) is 9.55. The molecule has 0 spiro atoms. The first kappa shape index (κ1) is 31.4. The van der Waals surface area contributed by atoms with E-state index in [1.165, 1.54) is 0 Å². The van der Waals surface area contributed by atoms with E-state index in [1.54, 1.807) is 0 Å². The minimum atomic E-state index is -10.5. The molecule has 0 unspecified atom stereocenters. The molecule has 0 amide bonds. The van der Waals surface area contributed by atoms with Gasteiger partial charge in [0.25, 0.3) is 0 Å². The van der Waals surface area contributed by atoms with Crippen LogP contribution in [0, 0.1) is 0 Å². The van der Waals surface area contributed by atoms with Crippen LogP contribution >= 0.6 is 0 Å². The summed E-state index contributed by atoms with van der Waals surface area (Å²) in [6.07, 6.45) is -28.4. The van der Waals surface area contributed by atoms with Crippen molar-refractivity contribution in [3.05, 3.63) is 38.7 Å². The molecule has 0 saturated carbocycles. The third kappa shape index (κ3) is 6.28. The molecule has 0 atom stereocenters. The van der Waals surface area contributed by atoms with Crippen LogP contribution in [0.15, 0.2) is 38.7 Å². The molecule has 33 heavy (non-hydrogen) atoms. The Hall–Kier alpha value is -1.64. The van der Waals surface area contributed by atoms with Crippen molar-refractivity contribution < 1.29 is 87.8 Å². The zero-order valence-electron chi connectivity index (χ0n) is 14.1. The van der Waals surface area contributed by atoms with Crippen molar-refractivity contribution in [3.63, 3.8) is 0 Å². The average molecular weight is 643 g/mol. The van der Waals surface area contributed by atoms with Gasteiger partial charge in [-0.05, 0) is 0 Å². The molecular weight excluding hydrogens is 643 g/mol. The maximum absolute atomic E-state index is 14.1. The summed E-state index contributed by atoms with van der Waals surface area (Å²) in [5.74, 6) is -19.6. The molecule has 0 N–H and O–H groups in total. The molecule has 0 aromatic carbocycles. The number of hydrogen-bond acceptors (Lipinski definition) is 0. The number of hydrogen-bond donors (Lipinski definition) is 0. The number of halogens is 20. The van der Waals surface area contributed by atoms with Gasteiger partial charge in [0.05, 0.1) is 0 Å². The standard InChI is InChI=1S/4C3F5.Sn/c4*4-1-2(5)3(6,7)8;. The van der Waals surface area contributed by atoms with Crippen LogP contribution in [-0.4, -0.2) is 43.1 Å². The zero-order chi connectivity index (χ0) is 27.1. The molecule has 0 bridgehead atoms. The van der Waals surface area contributed by atoms with Gasteiger partial charge in [0.2, 0.25) is 0 Å². The Balaban J connectivity index is 8.59. The van der Waals surface area contributed by atoms with Crippen molar-refractivity contribution in [1.29, 1.82) is 0 Å². The predicted molar refractivity (Wildman–Crippen MR) is 66.9 cm³/mol. The van der Waals surface area contributed by atoms with E-state index in [4.69, 9.17) is 0 Å². The summed E-state index contributed by atoms with van der Waals surface area (Å²) < 4.78 is 237. The molecular formula is C12F20Sn. The van der Waals surface area contributed by atoms with E-state index in [9.17, 15) is 87.8 Å². The van der Waals surface area contributed by atoms with Gasteiger partial charge in [0.15, 0.2) is 0 Å². The van der Waals surface area contributed by atoms with E-state index >= 15 is 0 Å². The van der Waals surface area contributed by atoms with Gasteiger partial charge in [-0.25, -0.2) is 0 Å². The van der Waals surface area contributed by atoms with Gasteiger partial charge in [-0.1, -0.05) is 0 Å². The van der Waals surface area contributed by atoms with Gasteiger partial charge >= 0.3 is 170 Å². The van der Waals surface area contributed by atoms with Crippen molar-refractivity contribution in [2.24, 2.45) is 0 Å². The van der Waals surface area contributed by atoms with Crippen LogP contribution in [0.2, 0.25) is 0 Å². The van der Waals surface area contributed by atoms with Gasteiger partial charge in [0.1, 0.15) is 0 Å². The van der Waals surface area contributed by atoms with E-state index in [-0.39, 0.29) is 0 Å². The Morgan fingerprint density at radius 3 is 0.515 bits per heavy atom. The van der Waals surface area contributed by atoms with E-state index in [2.05, 4.69) is 0 Å². The van der Waals surface area contributed by atoms with Crippen LogP contribution in [0.3, 0.4) is 0 Å². The van der Waals surface area contributed by atoms with Crippen LogP contribution in [0.4, 0.5) is 87.8 Å². The Kier molecular flexibility index (Phi) is 9.07. The van der Waals surface area contributed by atoms with Crippen molar-refractivity contribution in [2.75, 3.05) is 0 Å². The quantitative estimate of drug-likeness (QED) is 0.213. The van der Waals surface area contributed by atoms with Crippen LogP contribution in [0.5, 0.6) is 0 Å². The third-order valence-corrected chi connectivity index (χ3v) is 13.1. The molecule has 0 saturated heterocycles.